The van der Waals surface area contributed by atoms with Crippen LogP contribution in [0.3, 0.4) is 0 Å². The highest BCUT2D eigenvalue weighted by Crippen LogP contribution is 2.17. The van der Waals surface area contributed by atoms with Gasteiger partial charge in [-0.05, 0) is 64.3 Å². The van der Waals surface area contributed by atoms with E-state index in [1.165, 1.54) is 0 Å². The van der Waals surface area contributed by atoms with Crippen molar-refractivity contribution in [2.24, 2.45) is 0 Å². The van der Waals surface area contributed by atoms with Gasteiger partial charge in [-0.3, -0.25) is 5.32 Å². The highest BCUT2D eigenvalue weighted by molar-refractivity contribution is 6.30. The second kappa shape index (κ2) is 6.27. The smallest absolute Gasteiger partial charge is 0.0591 e. The molecule has 1 atom stereocenters. The number of aliphatic hydroxyl groups is 1. The molecule has 0 amide bonds. The zero-order chi connectivity index (χ0) is 12.9. The number of rotatable bonds is 6. The standard InChI is InChI=1S/C14H21ClNO/c1-11(5-4-10-14(2,3)17)16-13-8-6-12(15)7-9-13/h6-9,11,17H,4-5,10H2,1-3H3. The van der Waals surface area contributed by atoms with Crippen molar-refractivity contribution >= 4 is 17.3 Å². The lowest BCUT2D eigenvalue weighted by Crippen LogP contribution is -2.20. The molecule has 1 aromatic carbocycles. The van der Waals surface area contributed by atoms with Crippen LogP contribution in [-0.4, -0.2) is 16.7 Å². The predicted molar refractivity (Wildman–Crippen MR) is 72.9 cm³/mol. The van der Waals surface area contributed by atoms with Crippen molar-refractivity contribution in [2.75, 3.05) is 0 Å². The minimum atomic E-state index is -0.569. The second-order valence-corrected chi connectivity index (χ2v) is 5.60. The molecule has 17 heavy (non-hydrogen) atoms. The summed E-state index contributed by atoms with van der Waals surface area (Å²) in [5.74, 6) is 0. The third-order valence-electron chi connectivity index (χ3n) is 2.61. The van der Waals surface area contributed by atoms with Crippen molar-refractivity contribution in [3.63, 3.8) is 0 Å². The van der Waals surface area contributed by atoms with Gasteiger partial charge >= 0.3 is 0 Å². The Kier molecular flexibility index (Phi) is 5.29. The Hall–Kier alpha value is -0.730. The first-order valence-electron chi connectivity index (χ1n) is 6.05. The van der Waals surface area contributed by atoms with Crippen LogP contribution in [0.15, 0.2) is 24.3 Å². The van der Waals surface area contributed by atoms with E-state index in [-0.39, 0.29) is 6.04 Å². The van der Waals surface area contributed by atoms with Crippen LogP contribution in [-0.2, 0) is 0 Å². The number of hydrogen-bond donors (Lipinski definition) is 1. The average molecular weight is 255 g/mol. The predicted octanol–water partition coefficient (Wildman–Crippen LogP) is 3.91. The summed E-state index contributed by atoms with van der Waals surface area (Å²) in [4.78, 5) is 0. The Morgan fingerprint density at radius 3 is 2.41 bits per heavy atom. The maximum absolute atomic E-state index is 9.61. The van der Waals surface area contributed by atoms with E-state index in [4.69, 9.17) is 11.6 Å². The van der Waals surface area contributed by atoms with Crippen molar-refractivity contribution < 1.29 is 5.11 Å². The van der Waals surface area contributed by atoms with Gasteiger partial charge in [0, 0.05) is 11.1 Å². The van der Waals surface area contributed by atoms with E-state index in [2.05, 4.69) is 12.2 Å². The molecule has 0 aliphatic heterocycles. The summed E-state index contributed by atoms with van der Waals surface area (Å²) in [6, 6.07) is 7.83. The van der Waals surface area contributed by atoms with Crippen LogP contribution < -0.4 is 5.32 Å². The largest absolute Gasteiger partial charge is 0.390 e. The van der Waals surface area contributed by atoms with Crippen LogP contribution in [0, 0.1) is 0 Å². The molecule has 0 fully saturated rings. The molecule has 0 saturated carbocycles. The van der Waals surface area contributed by atoms with Gasteiger partial charge in [0.25, 0.3) is 0 Å². The second-order valence-electron chi connectivity index (χ2n) is 5.16. The van der Waals surface area contributed by atoms with Gasteiger partial charge in [-0.25, -0.2) is 0 Å². The SMILES string of the molecule is CC(CCCC(C)(C)O)[N]c1ccc(Cl)cc1. The molecule has 1 radical (unpaired) electrons. The quantitative estimate of drug-likeness (QED) is 0.821. The first-order chi connectivity index (χ1) is 7.87. The van der Waals surface area contributed by atoms with Crippen molar-refractivity contribution in [3.05, 3.63) is 29.3 Å². The van der Waals surface area contributed by atoms with Gasteiger partial charge in [0.05, 0.1) is 11.3 Å². The Bertz CT molecular complexity index is 329. The molecule has 1 unspecified atom stereocenters. The van der Waals surface area contributed by atoms with Crippen molar-refractivity contribution in [2.45, 2.75) is 51.7 Å². The normalized spacial score (nSPS) is 13.5. The fourth-order valence-electron chi connectivity index (χ4n) is 1.68. The minimum Gasteiger partial charge on any atom is -0.390 e. The summed E-state index contributed by atoms with van der Waals surface area (Å²) in [5.41, 5.74) is 0.394. The number of halogens is 1. The van der Waals surface area contributed by atoms with Crippen LogP contribution >= 0.6 is 11.6 Å². The molecular weight excluding hydrogens is 234 g/mol. The number of hydrogen-bond acceptors (Lipinski definition) is 1. The molecule has 0 aromatic heterocycles. The lowest BCUT2D eigenvalue weighted by Gasteiger charge is -2.18. The van der Waals surface area contributed by atoms with Crippen molar-refractivity contribution in [3.8, 4) is 0 Å². The molecule has 2 nitrogen and oxygen atoms in total. The Morgan fingerprint density at radius 2 is 1.88 bits per heavy atom. The molecule has 3 heteroatoms. The van der Waals surface area contributed by atoms with E-state index in [0.717, 1.165) is 30.0 Å². The first kappa shape index (κ1) is 14.3. The Labute approximate surface area is 109 Å². The summed E-state index contributed by atoms with van der Waals surface area (Å²) < 4.78 is 0. The van der Waals surface area contributed by atoms with E-state index in [9.17, 15) is 5.11 Å². The van der Waals surface area contributed by atoms with Crippen LogP contribution in [0.25, 0.3) is 0 Å². The fourth-order valence-corrected chi connectivity index (χ4v) is 1.80. The van der Waals surface area contributed by atoms with E-state index < -0.39 is 5.60 Å². The van der Waals surface area contributed by atoms with Crippen molar-refractivity contribution in [1.82, 2.24) is 5.32 Å². The Morgan fingerprint density at radius 1 is 1.29 bits per heavy atom. The maximum Gasteiger partial charge on any atom is 0.0591 e. The van der Waals surface area contributed by atoms with Crippen LogP contribution in [0.2, 0.25) is 5.02 Å². The lowest BCUT2D eigenvalue weighted by molar-refractivity contribution is 0.0676. The number of benzene rings is 1. The highest BCUT2D eigenvalue weighted by Gasteiger charge is 2.13. The highest BCUT2D eigenvalue weighted by atomic mass is 35.5. The molecule has 1 rings (SSSR count). The number of nitrogens with zero attached hydrogens (tertiary/aromatic N) is 1. The first-order valence-corrected chi connectivity index (χ1v) is 6.43. The molecule has 1 N–H and O–H groups in total. The average Bonchev–Trinajstić information content (AvgIpc) is 2.19. The van der Waals surface area contributed by atoms with Crippen LogP contribution in [0.4, 0.5) is 5.69 Å². The van der Waals surface area contributed by atoms with Crippen LogP contribution in [0.1, 0.15) is 40.0 Å². The van der Waals surface area contributed by atoms with Gasteiger partial charge < -0.3 is 5.11 Å². The summed E-state index contributed by atoms with van der Waals surface area (Å²) in [5, 5.41) is 14.9. The van der Waals surface area contributed by atoms with Gasteiger partial charge in [-0.15, -0.1) is 0 Å². The van der Waals surface area contributed by atoms with Gasteiger partial charge in [-0.1, -0.05) is 11.6 Å². The zero-order valence-corrected chi connectivity index (χ0v) is 11.5. The van der Waals surface area contributed by atoms with E-state index in [1.807, 2.05) is 38.1 Å². The minimum absolute atomic E-state index is 0.276. The third kappa shape index (κ3) is 6.54. The summed E-state index contributed by atoms with van der Waals surface area (Å²) in [7, 11) is 0. The molecule has 0 spiro atoms. The maximum atomic E-state index is 9.61. The molecule has 95 valence electrons. The van der Waals surface area contributed by atoms with Gasteiger partial charge in [-0.2, -0.15) is 0 Å². The van der Waals surface area contributed by atoms with Gasteiger partial charge in [0.1, 0.15) is 0 Å². The van der Waals surface area contributed by atoms with Crippen LogP contribution in [0.5, 0.6) is 0 Å². The van der Waals surface area contributed by atoms with E-state index in [1.54, 1.807) is 0 Å². The molecule has 0 bridgehead atoms. The van der Waals surface area contributed by atoms with E-state index >= 15 is 0 Å². The summed E-state index contributed by atoms with van der Waals surface area (Å²) in [6.45, 7) is 5.78. The molecule has 0 aliphatic rings. The zero-order valence-electron chi connectivity index (χ0n) is 10.8. The fraction of sp³-hybridized carbons (Fsp3) is 0.571. The molecular formula is C14H21ClNO. The van der Waals surface area contributed by atoms with E-state index in [0.29, 0.717) is 0 Å². The molecule has 1 aromatic rings. The molecule has 0 heterocycles. The molecule has 0 aliphatic carbocycles. The van der Waals surface area contributed by atoms with Gasteiger partial charge in [0.2, 0.25) is 0 Å². The topological polar surface area (TPSA) is 34.3 Å². The lowest BCUT2D eigenvalue weighted by atomic mass is 10.00. The monoisotopic (exact) mass is 254 g/mol. The third-order valence-corrected chi connectivity index (χ3v) is 2.86. The molecule has 0 saturated heterocycles. The Balaban J connectivity index is 2.30. The van der Waals surface area contributed by atoms with Crippen molar-refractivity contribution in [1.29, 1.82) is 0 Å². The van der Waals surface area contributed by atoms with Gasteiger partial charge in [0.15, 0.2) is 0 Å². The summed E-state index contributed by atoms with van der Waals surface area (Å²) in [6.07, 6.45) is 2.79. The summed E-state index contributed by atoms with van der Waals surface area (Å²) >= 11 is 5.81.